The first-order valence-electron chi connectivity index (χ1n) is 5.57. The maximum absolute atomic E-state index is 5.89. The molecule has 2 aromatic carbocycles. The number of benzene rings is 2. The molecule has 0 atom stereocenters. The molecule has 2 N–H and O–H groups in total. The minimum Gasteiger partial charge on any atom is -0.436 e. The fourth-order valence-electron chi connectivity index (χ4n) is 1.90. The molecule has 0 unspecified atom stereocenters. The van der Waals surface area contributed by atoms with Crippen molar-refractivity contribution in [3.8, 4) is 11.5 Å². The van der Waals surface area contributed by atoms with Crippen molar-refractivity contribution in [3.63, 3.8) is 0 Å². The first kappa shape index (κ1) is 11.5. The van der Waals surface area contributed by atoms with Gasteiger partial charge in [0.15, 0.2) is 5.58 Å². The van der Waals surface area contributed by atoms with E-state index in [1.54, 1.807) is 0 Å². The number of para-hydroxylation sites is 1. The van der Waals surface area contributed by atoms with Crippen LogP contribution < -0.4 is 5.73 Å². The number of aryl methyl sites for hydroxylation is 1. The van der Waals surface area contributed by atoms with Crippen LogP contribution in [0.25, 0.3) is 22.6 Å². The summed E-state index contributed by atoms with van der Waals surface area (Å²) >= 11 is 2.31. The fourth-order valence-corrected chi connectivity index (χ4v) is 2.49. The quantitative estimate of drug-likeness (QED) is 0.533. The molecule has 0 fully saturated rings. The van der Waals surface area contributed by atoms with Gasteiger partial charge in [0.1, 0.15) is 5.52 Å². The van der Waals surface area contributed by atoms with Crippen LogP contribution in [-0.4, -0.2) is 4.98 Å². The monoisotopic (exact) mass is 350 g/mol. The first-order valence-corrected chi connectivity index (χ1v) is 6.65. The molecule has 1 aromatic heterocycles. The molecule has 0 aliphatic rings. The molecule has 90 valence electrons. The minimum absolute atomic E-state index is 0.621. The molecule has 18 heavy (non-hydrogen) atoms. The fraction of sp³-hybridized carbons (Fsp3) is 0.0714. The summed E-state index contributed by atoms with van der Waals surface area (Å²) in [6.07, 6.45) is 0. The van der Waals surface area contributed by atoms with Gasteiger partial charge in [-0.25, -0.2) is 4.98 Å². The lowest BCUT2D eigenvalue weighted by Gasteiger charge is -2.02. The van der Waals surface area contributed by atoms with Gasteiger partial charge in [-0.3, -0.25) is 0 Å². The average molecular weight is 350 g/mol. The van der Waals surface area contributed by atoms with Crippen LogP contribution in [0.1, 0.15) is 5.56 Å². The molecule has 0 saturated carbocycles. The topological polar surface area (TPSA) is 52.0 Å². The van der Waals surface area contributed by atoms with E-state index in [2.05, 4.69) is 40.6 Å². The van der Waals surface area contributed by atoms with Crippen molar-refractivity contribution in [2.75, 3.05) is 5.73 Å². The van der Waals surface area contributed by atoms with Crippen LogP contribution in [0.15, 0.2) is 40.8 Å². The molecular weight excluding hydrogens is 339 g/mol. The van der Waals surface area contributed by atoms with Crippen molar-refractivity contribution in [2.45, 2.75) is 6.92 Å². The zero-order valence-electron chi connectivity index (χ0n) is 9.77. The van der Waals surface area contributed by atoms with Gasteiger partial charge < -0.3 is 10.2 Å². The van der Waals surface area contributed by atoms with E-state index >= 15 is 0 Å². The average Bonchev–Trinajstić information content (AvgIpc) is 2.78. The van der Waals surface area contributed by atoms with Gasteiger partial charge in [-0.05, 0) is 53.3 Å². The lowest BCUT2D eigenvalue weighted by Crippen LogP contribution is -1.87. The van der Waals surface area contributed by atoms with Crippen LogP contribution in [-0.2, 0) is 0 Å². The van der Waals surface area contributed by atoms with Gasteiger partial charge >= 0.3 is 0 Å². The molecule has 0 aliphatic heterocycles. The summed E-state index contributed by atoms with van der Waals surface area (Å²) in [5.41, 5.74) is 10.2. The van der Waals surface area contributed by atoms with E-state index in [1.807, 2.05) is 30.3 Å². The zero-order chi connectivity index (χ0) is 12.7. The van der Waals surface area contributed by atoms with Crippen LogP contribution in [0.3, 0.4) is 0 Å². The molecule has 3 aromatic rings. The smallest absolute Gasteiger partial charge is 0.228 e. The molecule has 3 rings (SSSR count). The third-order valence-electron chi connectivity index (χ3n) is 2.87. The van der Waals surface area contributed by atoms with Crippen LogP contribution in [0.4, 0.5) is 5.69 Å². The standard InChI is InChI=1S/C14H11IN2O/c1-8-4-2-5-9(12(8)15)14-17-13-10(16)6-3-7-11(13)18-14/h2-7H,16H2,1H3. The second kappa shape index (κ2) is 4.28. The normalized spacial score (nSPS) is 11.0. The van der Waals surface area contributed by atoms with Gasteiger partial charge in [0.05, 0.1) is 11.3 Å². The number of rotatable bonds is 1. The van der Waals surface area contributed by atoms with Gasteiger partial charge in [0.2, 0.25) is 5.89 Å². The Morgan fingerprint density at radius 3 is 2.72 bits per heavy atom. The highest BCUT2D eigenvalue weighted by atomic mass is 127. The van der Waals surface area contributed by atoms with E-state index in [0.717, 1.165) is 20.2 Å². The van der Waals surface area contributed by atoms with Crippen molar-refractivity contribution < 1.29 is 4.42 Å². The van der Waals surface area contributed by atoms with Crippen molar-refractivity contribution in [3.05, 3.63) is 45.5 Å². The van der Waals surface area contributed by atoms with E-state index < -0.39 is 0 Å². The van der Waals surface area contributed by atoms with Gasteiger partial charge in [-0.15, -0.1) is 0 Å². The lowest BCUT2D eigenvalue weighted by atomic mass is 10.1. The molecule has 4 heteroatoms. The summed E-state index contributed by atoms with van der Waals surface area (Å²) in [5, 5.41) is 0. The molecule has 3 nitrogen and oxygen atoms in total. The minimum atomic E-state index is 0.621. The van der Waals surface area contributed by atoms with E-state index in [9.17, 15) is 0 Å². The number of hydrogen-bond acceptors (Lipinski definition) is 3. The summed E-state index contributed by atoms with van der Waals surface area (Å²) in [4.78, 5) is 4.49. The number of anilines is 1. The predicted molar refractivity (Wildman–Crippen MR) is 81.3 cm³/mol. The third-order valence-corrected chi connectivity index (χ3v) is 4.30. The van der Waals surface area contributed by atoms with Gasteiger partial charge in [-0.1, -0.05) is 18.2 Å². The number of oxazole rings is 1. The molecule has 0 saturated heterocycles. The van der Waals surface area contributed by atoms with Gasteiger partial charge in [0, 0.05) is 3.57 Å². The van der Waals surface area contributed by atoms with Crippen LogP contribution in [0.2, 0.25) is 0 Å². The Morgan fingerprint density at radius 1 is 1.17 bits per heavy atom. The molecule has 0 aliphatic carbocycles. The summed E-state index contributed by atoms with van der Waals surface area (Å²) in [6.45, 7) is 2.07. The highest BCUT2D eigenvalue weighted by Gasteiger charge is 2.13. The number of aromatic nitrogens is 1. The third kappa shape index (κ3) is 1.77. The van der Waals surface area contributed by atoms with E-state index in [1.165, 1.54) is 5.56 Å². The number of halogens is 1. The Bertz CT molecular complexity index is 734. The van der Waals surface area contributed by atoms with E-state index in [0.29, 0.717) is 11.6 Å². The maximum Gasteiger partial charge on any atom is 0.228 e. The van der Waals surface area contributed by atoms with Crippen LogP contribution in [0.5, 0.6) is 0 Å². The number of nitrogens with two attached hydrogens (primary N) is 1. The number of hydrogen-bond donors (Lipinski definition) is 1. The number of nitrogens with zero attached hydrogens (tertiary/aromatic N) is 1. The number of nitrogen functional groups attached to an aromatic ring is 1. The summed E-state index contributed by atoms with van der Waals surface area (Å²) in [5.74, 6) is 0.621. The maximum atomic E-state index is 5.89. The molecular formula is C14H11IN2O. The van der Waals surface area contributed by atoms with Crippen LogP contribution in [0, 0.1) is 10.5 Å². The predicted octanol–water partition coefficient (Wildman–Crippen LogP) is 3.99. The van der Waals surface area contributed by atoms with Crippen molar-refractivity contribution in [2.24, 2.45) is 0 Å². The Kier molecular flexibility index (Phi) is 2.74. The lowest BCUT2D eigenvalue weighted by molar-refractivity contribution is 0.619. The summed E-state index contributed by atoms with van der Waals surface area (Å²) < 4.78 is 6.93. The second-order valence-electron chi connectivity index (χ2n) is 4.15. The molecule has 0 radical (unpaired) electrons. The summed E-state index contributed by atoms with van der Waals surface area (Å²) in [6, 6.07) is 11.7. The Morgan fingerprint density at radius 2 is 1.94 bits per heavy atom. The molecule has 0 bridgehead atoms. The number of fused-ring (bicyclic) bond motifs is 1. The van der Waals surface area contributed by atoms with E-state index in [4.69, 9.17) is 10.2 Å². The SMILES string of the molecule is Cc1cccc(-c2nc3c(N)cccc3o2)c1I. The highest BCUT2D eigenvalue weighted by molar-refractivity contribution is 14.1. The molecule has 1 heterocycles. The largest absolute Gasteiger partial charge is 0.436 e. The highest BCUT2D eigenvalue weighted by Crippen LogP contribution is 2.31. The van der Waals surface area contributed by atoms with Crippen molar-refractivity contribution >= 4 is 39.4 Å². The Hall–Kier alpha value is -1.56. The summed E-state index contributed by atoms with van der Waals surface area (Å²) in [7, 11) is 0. The van der Waals surface area contributed by atoms with Crippen LogP contribution >= 0.6 is 22.6 Å². The van der Waals surface area contributed by atoms with Crippen molar-refractivity contribution in [1.82, 2.24) is 4.98 Å². The second-order valence-corrected chi connectivity index (χ2v) is 5.23. The zero-order valence-corrected chi connectivity index (χ0v) is 11.9. The van der Waals surface area contributed by atoms with Gasteiger partial charge in [0.25, 0.3) is 0 Å². The molecule has 0 spiro atoms. The Labute approximate surface area is 118 Å². The first-order chi connectivity index (χ1) is 8.66. The molecule has 0 amide bonds. The van der Waals surface area contributed by atoms with Crippen molar-refractivity contribution in [1.29, 1.82) is 0 Å². The van der Waals surface area contributed by atoms with Gasteiger partial charge in [-0.2, -0.15) is 0 Å². The van der Waals surface area contributed by atoms with E-state index in [-0.39, 0.29) is 0 Å². The Balaban J connectivity index is 2.26.